The monoisotopic (exact) mass is 368 g/mol. The maximum atomic E-state index is 12.1. The largest absolute Gasteiger partial charge is 0.378 e. The maximum Gasteiger partial charge on any atom is 0.276 e. The molecule has 0 aromatic heterocycles. The van der Waals surface area contributed by atoms with Gasteiger partial charge in [0.15, 0.2) is 0 Å². The van der Waals surface area contributed by atoms with Gasteiger partial charge in [0, 0.05) is 38.9 Å². The van der Waals surface area contributed by atoms with Gasteiger partial charge in [-0.3, -0.25) is 4.90 Å². The van der Waals surface area contributed by atoms with Gasteiger partial charge in [-0.2, -0.15) is 8.42 Å². The molecule has 1 aliphatic rings. The van der Waals surface area contributed by atoms with Gasteiger partial charge >= 0.3 is 0 Å². The molecule has 0 aliphatic carbocycles. The predicted molar refractivity (Wildman–Crippen MR) is 104 cm³/mol. The molecule has 0 amide bonds. The molecule has 1 fully saturated rings. The van der Waals surface area contributed by atoms with E-state index < -0.39 is 10.2 Å². The first-order chi connectivity index (χ1) is 11.9. The van der Waals surface area contributed by atoms with Crippen LogP contribution in [0, 0.1) is 0 Å². The normalized spacial score (nSPS) is 17.4. The van der Waals surface area contributed by atoms with Crippen molar-refractivity contribution in [1.29, 1.82) is 0 Å². The van der Waals surface area contributed by atoms with Crippen molar-refractivity contribution >= 4 is 15.9 Å². The van der Waals surface area contributed by atoms with Gasteiger partial charge in [-0.05, 0) is 50.0 Å². The average molecular weight is 369 g/mol. The van der Waals surface area contributed by atoms with Gasteiger partial charge in [0.2, 0.25) is 0 Å². The molecule has 1 aliphatic heterocycles. The van der Waals surface area contributed by atoms with Crippen molar-refractivity contribution < 1.29 is 8.42 Å². The number of hydrogen-bond acceptors (Lipinski definition) is 4. The number of hydrogen-bond donors (Lipinski definition) is 2. The van der Waals surface area contributed by atoms with Crippen LogP contribution in [0.15, 0.2) is 24.3 Å². The first kappa shape index (κ1) is 20.2. The molecular weight excluding hydrogens is 336 g/mol. The lowest BCUT2D eigenvalue weighted by Crippen LogP contribution is -2.44. The number of anilines is 1. The molecule has 142 valence electrons. The molecule has 1 aromatic rings. The molecule has 6 nitrogen and oxygen atoms in total. The molecule has 1 saturated heterocycles. The molecule has 1 atom stereocenters. The number of nitrogens with zero attached hydrogens (tertiary/aromatic N) is 2. The fourth-order valence-electron chi connectivity index (χ4n) is 3.16. The first-order valence-electron chi connectivity index (χ1n) is 9.18. The highest BCUT2D eigenvalue weighted by Crippen LogP contribution is 2.26. The summed E-state index contributed by atoms with van der Waals surface area (Å²) in [6, 6.07) is 8.48. The van der Waals surface area contributed by atoms with Gasteiger partial charge in [-0.1, -0.05) is 25.5 Å². The quantitative estimate of drug-likeness (QED) is 0.701. The molecule has 0 bridgehead atoms. The van der Waals surface area contributed by atoms with Crippen LogP contribution in [0.3, 0.4) is 0 Å². The zero-order chi connectivity index (χ0) is 18.3. The number of piperidine rings is 1. The predicted octanol–water partition coefficient (Wildman–Crippen LogP) is 2.11. The Bertz CT molecular complexity index is 610. The average Bonchev–Trinajstić information content (AvgIpc) is 2.61. The third kappa shape index (κ3) is 6.26. The molecule has 7 heteroatoms. The van der Waals surface area contributed by atoms with Crippen molar-refractivity contribution in [2.45, 2.75) is 38.6 Å². The van der Waals surface area contributed by atoms with E-state index in [0.29, 0.717) is 13.1 Å². The van der Waals surface area contributed by atoms with Gasteiger partial charge in [0.25, 0.3) is 10.2 Å². The van der Waals surface area contributed by atoms with Crippen LogP contribution >= 0.6 is 0 Å². The molecule has 25 heavy (non-hydrogen) atoms. The Balaban J connectivity index is 2.12. The highest BCUT2D eigenvalue weighted by molar-refractivity contribution is 7.87. The third-order valence-electron chi connectivity index (χ3n) is 4.63. The molecule has 2 rings (SSSR count). The molecule has 0 saturated carbocycles. The zero-order valence-electron chi connectivity index (χ0n) is 15.7. The molecule has 1 unspecified atom stereocenters. The van der Waals surface area contributed by atoms with Crippen molar-refractivity contribution in [2.24, 2.45) is 0 Å². The Labute approximate surface area is 152 Å². The lowest BCUT2D eigenvalue weighted by Gasteiger charge is -2.35. The van der Waals surface area contributed by atoms with Gasteiger partial charge in [-0.15, -0.1) is 0 Å². The van der Waals surface area contributed by atoms with Crippen LogP contribution < -0.4 is 14.3 Å². The molecule has 2 N–H and O–H groups in total. The minimum atomic E-state index is -3.44. The molecule has 0 spiro atoms. The highest BCUT2D eigenvalue weighted by atomic mass is 32.2. The van der Waals surface area contributed by atoms with Crippen LogP contribution in [0.5, 0.6) is 0 Å². The second-order valence-corrected chi connectivity index (χ2v) is 8.43. The summed E-state index contributed by atoms with van der Waals surface area (Å²) in [6.07, 6.45) is 4.38. The van der Waals surface area contributed by atoms with E-state index in [1.54, 1.807) is 0 Å². The SMILES string of the molecule is CCCNS(=O)(=O)NCC(c1ccc(N(C)C)cc1)N1CCCCC1. The van der Waals surface area contributed by atoms with E-state index in [9.17, 15) is 8.42 Å². The van der Waals surface area contributed by atoms with Crippen LogP contribution in [0.4, 0.5) is 5.69 Å². The van der Waals surface area contributed by atoms with E-state index in [4.69, 9.17) is 0 Å². The van der Waals surface area contributed by atoms with Crippen molar-refractivity contribution in [1.82, 2.24) is 14.3 Å². The fourth-order valence-corrected chi connectivity index (χ4v) is 4.11. The summed E-state index contributed by atoms with van der Waals surface area (Å²) in [5, 5.41) is 0. The van der Waals surface area contributed by atoms with Crippen molar-refractivity contribution in [2.75, 3.05) is 45.2 Å². The summed E-state index contributed by atoms with van der Waals surface area (Å²) in [5.74, 6) is 0. The molecule has 0 radical (unpaired) electrons. The summed E-state index contributed by atoms with van der Waals surface area (Å²) in [4.78, 5) is 4.47. The lowest BCUT2D eigenvalue weighted by molar-refractivity contribution is 0.164. The topological polar surface area (TPSA) is 64.7 Å². The van der Waals surface area contributed by atoms with Gasteiger partial charge in [0.1, 0.15) is 0 Å². The Morgan fingerprint density at radius 3 is 2.28 bits per heavy atom. The summed E-state index contributed by atoms with van der Waals surface area (Å²) in [5.41, 5.74) is 2.30. The smallest absolute Gasteiger partial charge is 0.276 e. The van der Waals surface area contributed by atoms with Crippen LogP contribution in [-0.2, 0) is 10.2 Å². The molecular formula is C18H32N4O2S. The van der Waals surface area contributed by atoms with Gasteiger partial charge in [0.05, 0.1) is 0 Å². The fraction of sp³-hybridized carbons (Fsp3) is 0.667. The summed E-state index contributed by atoms with van der Waals surface area (Å²) < 4.78 is 29.5. The van der Waals surface area contributed by atoms with Gasteiger partial charge < -0.3 is 4.90 Å². The highest BCUT2D eigenvalue weighted by Gasteiger charge is 2.24. The Hall–Kier alpha value is -1.15. The van der Waals surface area contributed by atoms with Crippen molar-refractivity contribution in [3.05, 3.63) is 29.8 Å². The Morgan fingerprint density at radius 2 is 1.72 bits per heavy atom. The van der Waals surface area contributed by atoms with E-state index in [2.05, 4.69) is 43.5 Å². The van der Waals surface area contributed by atoms with Crippen LogP contribution in [0.1, 0.15) is 44.2 Å². The number of rotatable bonds is 9. The number of nitrogens with one attached hydrogen (secondary N) is 2. The minimum Gasteiger partial charge on any atom is -0.378 e. The standard InChI is InChI=1S/C18H32N4O2S/c1-4-12-19-25(23,24)20-15-18(22-13-6-5-7-14-22)16-8-10-17(11-9-16)21(2)3/h8-11,18-20H,4-7,12-15H2,1-3H3. The second-order valence-electron chi connectivity index (χ2n) is 6.84. The van der Waals surface area contributed by atoms with E-state index in [1.807, 2.05) is 21.0 Å². The zero-order valence-corrected chi connectivity index (χ0v) is 16.5. The van der Waals surface area contributed by atoms with Crippen LogP contribution in [0.2, 0.25) is 0 Å². The van der Waals surface area contributed by atoms with Crippen LogP contribution in [-0.4, -0.2) is 53.6 Å². The summed E-state index contributed by atoms with van der Waals surface area (Å²) in [6.45, 7) is 4.83. The summed E-state index contributed by atoms with van der Waals surface area (Å²) >= 11 is 0. The van der Waals surface area contributed by atoms with Gasteiger partial charge in [-0.25, -0.2) is 9.44 Å². The first-order valence-corrected chi connectivity index (χ1v) is 10.7. The van der Waals surface area contributed by atoms with Crippen LogP contribution in [0.25, 0.3) is 0 Å². The Morgan fingerprint density at radius 1 is 1.08 bits per heavy atom. The molecule has 1 heterocycles. The maximum absolute atomic E-state index is 12.1. The van der Waals surface area contributed by atoms with Crippen molar-refractivity contribution in [3.8, 4) is 0 Å². The van der Waals surface area contributed by atoms with E-state index in [1.165, 1.54) is 19.3 Å². The van der Waals surface area contributed by atoms with E-state index in [0.717, 1.165) is 30.8 Å². The Kier molecular flexibility index (Phi) is 7.68. The summed E-state index contributed by atoms with van der Waals surface area (Å²) in [7, 11) is 0.595. The number of likely N-dealkylation sites (tertiary alicyclic amines) is 1. The third-order valence-corrected chi connectivity index (χ3v) is 5.77. The van der Waals surface area contributed by atoms with E-state index in [-0.39, 0.29) is 6.04 Å². The lowest BCUT2D eigenvalue weighted by atomic mass is 10.0. The minimum absolute atomic E-state index is 0.0645. The van der Waals surface area contributed by atoms with Crippen molar-refractivity contribution in [3.63, 3.8) is 0 Å². The molecule has 1 aromatic carbocycles. The second kappa shape index (κ2) is 9.52. The number of benzene rings is 1. The van der Waals surface area contributed by atoms with E-state index >= 15 is 0 Å².